The van der Waals surface area contributed by atoms with Crippen LogP contribution in [0.5, 0.6) is 17.2 Å². The molecule has 0 saturated heterocycles. The molecule has 0 amide bonds. The van der Waals surface area contributed by atoms with Gasteiger partial charge in [-0.15, -0.1) is 11.6 Å². The third-order valence-corrected chi connectivity index (χ3v) is 4.93. The van der Waals surface area contributed by atoms with E-state index >= 15 is 0 Å². The second kappa shape index (κ2) is 12.7. The van der Waals surface area contributed by atoms with Gasteiger partial charge in [0.1, 0.15) is 5.75 Å². The fraction of sp³-hybridized carbons (Fsp3) is 0.565. The Balaban J connectivity index is 1.95. The molecule has 0 atom stereocenters. The van der Waals surface area contributed by atoms with Gasteiger partial charge in [0, 0.05) is 11.3 Å². The molecule has 150 valence electrons. The van der Waals surface area contributed by atoms with Crippen molar-refractivity contribution in [1.29, 1.82) is 0 Å². The van der Waals surface area contributed by atoms with Crippen LogP contribution >= 0.6 is 11.6 Å². The van der Waals surface area contributed by atoms with E-state index in [-0.39, 0.29) is 0 Å². The number of halogens is 1. The summed E-state index contributed by atoms with van der Waals surface area (Å²) in [5, 5.41) is 2.15. The lowest BCUT2D eigenvalue weighted by Crippen LogP contribution is -2.00. The predicted molar refractivity (Wildman–Crippen MR) is 115 cm³/mol. The van der Waals surface area contributed by atoms with Gasteiger partial charge >= 0.3 is 0 Å². The van der Waals surface area contributed by atoms with Crippen LogP contribution in [0.1, 0.15) is 58.3 Å². The smallest absolute Gasteiger partial charge is 0.168 e. The van der Waals surface area contributed by atoms with Crippen LogP contribution in [0.4, 0.5) is 0 Å². The van der Waals surface area contributed by atoms with Crippen LogP contribution in [0.2, 0.25) is 0 Å². The molecule has 0 radical (unpaired) electrons. The summed E-state index contributed by atoms with van der Waals surface area (Å²) in [5.41, 5.74) is 0. The van der Waals surface area contributed by atoms with Crippen LogP contribution in [-0.4, -0.2) is 26.2 Å². The van der Waals surface area contributed by atoms with Crippen molar-refractivity contribution < 1.29 is 14.2 Å². The number of rotatable bonds is 14. The van der Waals surface area contributed by atoms with Crippen molar-refractivity contribution in [3.63, 3.8) is 0 Å². The number of methoxy groups -OCH3 is 1. The molecule has 2 rings (SSSR count). The Morgan fingerprint density at radius 1 is 0.815 bits per heavy atom. The molecule has 0 aliphatic heterocycles. The number of hydrogen-bond acceptors (Lipinski definition) is 3. The highest BCUT2D eigenvalue weighted by molar-refractivity contribution is 6.17. The molecule has 0 saturated carbocycles. The Kier molecular flexibility index (Phi) is 10.2. The fourth-order valence-electron chi connectivity index (χ4n) is 3.12. The van der Waals surface area contributed by atoms with E-state index in [1.165, 1.54) is 25.7 Å². The van der Waals surface area contributed by atoms with Gasteiger partial charge in [-0.05, 0) is 55.3 Å². The number of ether oxygens (including phenoxy) is 3. The fourth-order valence-corrected chi connectivity index (χ4v) is 3.31. The third kappa shape index (κ3) is 7.14. The first-order valence-electron chi connectivity index (χ1n) is 10.2. The molecule has 0 spiro atoms. The first-order valence-corrected chi connectivity index (χ1v) is 10.8. The summed E-state index contributed by atoms with van der Waals surface area (Å²) in [7, 11) is 1.69. The van der Waals surface area contributed by atoms with E-state index in [4.69, 9.17) is 25.8 Å². The van der Waals surface area contributed by atoms with Crippen molar-refractivity contribution in [1.82, 2.24) is 0 Å². The van der Waals surface area contributed by atoms with Crippen molar-refractivity contribution in [3.8, 4) is 17.2 Å². The summed E-state index contributed by atoms with van der Waals surface area (Å²) in [6.07, 6.45) is 9.33. The summed E-state index contributed by atoms with van der Waals surface area (Å²) in [6, 6.07) is 10.2. The maximum absolute atomic E-state index is 5.93. The van der Waals surface area contributed by atoms with Gasteiger partial charge in [-0.1, -0.05) is 38.7 Å². The van der Waals surface area contributed by atoms with Crippen molar-refractivity contribution in [2.75, 3.05) is 26.2 Å². The molecule has 0 unspecified atom stereocenters. The van der Waals surface area contributed by atoms with Crippen LogP contribution < -0.4 is 14.2 Å². The molecule has 0 fully saturated rings. The van der Waals surface area contributed by atoms with E-state index in [1.54, 1.807) is 7.11 Å². The van der Waals surface area contributed by atoms with Crippen LogP contribution in [0, 0.1) is 0 Å². The lowest BCUT2D eigenvalue weighted by Gasteiger charge is -2.14. The van der Waals surface area contributed by atoms with Crippen molar-refractivity contribution in [2.45, 2.75) is 58.3 Å². The van der Waals surface area contributed by atoms with E-state index in [0.29, 0.717) is 12.5 Å². The van der Waals surface area contributed by atoms with Crippen LogP contribution in [-0.2, 0) is 0 Å². The van der Waals surface area contributed by atoms with Gasteiger partial charge < -0.3 is 14.2 Å². The minimum Gasteiger partial charge on any atom is -0.494 e. The molecular formula is C23H33ClO3. The summed E-state index contributed by atoms with van der Waals surface area (Å²) in [6.45, 7) is 3.69. The first kappa shape index (κ1) is 21.7. The Bertz CT molecular complexity index is 672. The monoisotopic (exact) mass is 392 g/mol. The quantitative estimate of drug-likeness (QED) is 0.256. The molecule has 0 aromatic heterocycles. The molecule has 2 aromatic rings. The number of benzene rings is 2. The summed E-state index contributed by atoms with van der Waals surface area (Å²) >= 11 is 5.71. The Labute approximate surface area is 169 Å². The van der Waals surface area contributed by atoms with E-state index in [2.05, 4.69) is 25.1 Å². The summed E-state index contributed by atoms with van der Waals surface area (Å²) < 4.78 is 17.5. The zero-order valence-corrected chi connectivity index (χ0v) is 17.5. The van der Waals surface area contributed by atoms with Gasteiger partial charge in [-0.3, -0.25) is 0 Å². The van der Waals surface area contributed by atoms with Crippen molar-refractivity contribution in [3.05, 3.63) is 30.3 Å². The van der Waals surface area contributed by atoms with E-state index in [0.717, 1.165) is 60.3 Å². The molecule has 3 nitrogen and oxygen atoms in total. The van der Waals surface area contributed by atoms with E-state index in [9.17, 15) is 0 Å². The normalized spacial score (nSPS) is 10.9. The maximum atomic E-state index is 5.93. The molecule has 0 aliphatic rings. The van der Waals surface area contributed by atoms with E-state index in [1.807, 2.05) is 12.1 Å². The van der Waals surface area contributed by atoms with Crippen LogP contribution in [0.25, 0.3) is 10.8 Å². The molecule has 4 heteroatoms. The zero-order chi connectivity index (χ0) is 19.3. The third-order valence-electron chi connectivity index (χ3n) is 4.66. The van der Waals surface area contributed by atoms with Gasteiger partial charge in [0.15, 0.2) is 11.5 Å². The molecule has 0 aliphatic carbocycles. The molecule has 2 aromatic carbocycles. The van der Waals surface area contributed by atoms with Gasteiger partial charge in [0.05, 0.1) is 20.3 Å². The van der Waals surface area contributed by atoms with Gasteiger partial charge in [0.2, 0.25) is 0 Å². The lowest BCUT2D eigenvalue weighted by molar-refractivity contribution is 0.287. The number of hydrogen-bond donors (Lipinski definition) is 0. The molecular weight excluding hydrogens is 360 g/mol. The van der Waals surface area contributed by atoms with Gasteiger partial charge in [0.25, 0.3) is 0 Å². The minimum absolute atomic E-state index is 0.679. The van der Waals surface area contributed by atoms with E-state index < -0.39 is 0 Å². The van der Waals surface area contributed by atoms with Crippen LogP contribution in [0.15, 0.2) is 30.3 Å². The lowest BCUT2D eigenvalue weighted by atomic mass is 10.1. The maximum Gasteiger partial charge on any atom is 0.168 e. The number of unbranched alkanes of at least 4 members (excludes halogenated alkanes) is 6. The standard InChI is InChI=1S/C23H33ClO3/c1-3-4-5-6-9-16-26-20-12-13-21-19(18-20)11-14-22(23(21)25-2)27-17-10-7-8-15-24/h11-14,18H,3-10,15-17H2,1-2H3. The Hall–Kier alpha value is -1.61. The highest BCUT2D eigenvalue weighted by atomic mass is 35.5. The van der Waals surface area contributed by atoms with Gasteiger partial charge in [-0.25, -0.2) is 0 Å². The molecule has 0 N–H and O–H groups in total. The zero-order valence-electron chi connectivity index (χ0n) is 16.8. The molecule has 0 bridgehead atoms. The highest BCUT2D eigenvalue weighted by Gasteiger charge is 2.10. The van der Waals surface area contributed by atoms with Crippen molar-refractivity contribution in [2.24, 2.45) is 0 Å². The molecule has 0 heterocycles. The van der Waals surface area contributed by atoms with Crippen LogP contribution in [0.3, 0.4) is 0 Å². The van der Waals surface area contributed by atoms with Gasteiger partial charge in [-0.2, -0.15) is 0 Å². The largest absolute Gasteiger partial charge is 0.494 e. The SMILES string of the molecule is CCCCCCCOc1ccc2c(OC)c(OCCCCCCl)ccc2c1. The number of fused-ring (bicyclic) bond motifs is 1. The second-order valence-electron chi connectivity index (χ2n) is 6.84. The Morgan fingerprint density at radius 3 is 2.30 bits per heavy atom. The highest BCUT2D eigenvalue weighted by Crippen LogP contribution is 2.37. The average molecular weight is 393 g/mol. The summed E-state index contributed by atoms with van der Waals surface area (Å²) in [4.78, 5) is 0. The molecule has 27 heavy (non-hydrogen) atoms. The minimum atomic E-state index is 0.679. The second-order valence-corrected chi connectivity index (χ2v) is 7.22. The topological polar surface area (TPSA) is 27.7 Å². The number of alkyl halides is 1. The first-order chi connectivity index (χ1) is 13.3. The average Bonchev–Trinajstić information content (AvgIpc) is 2.70. The summed E-state index contributed by atoms with van der Waals surface area (Å²) in [5.74, 6) is 3.20. The Morgan fingerprint density at radius 2 is 1.56 bits per heavy atom. The predicted octanol–water partition coefficient (Wildman–Crippen LogP) is 6.99. The van der Waals surface area contributed by atoms with Crippen molar-refractivity contribution >= 4 is 22.4 Å².